The molecule has 1 saturated heterocycles. The zero-order valence-electron chi connectivity index (χ0n) is 13.5. The first-order valence-corrected chi connectivity index (χ1v) is 8.64. The van der Waals surface area contributed by atoms with Gasteiger partial charge in [0.15, 0.2) is 0 Å². The smallest absolute Gasteiger partial charge is 0.223 e. The Hall–Kier alpha value is -1.26. The lowest BCUT2D eigenvalue weighted by Crippen LogP contribution is -2.48. The van der Waals surface area contributed by atoms with Gasteiger partial charge >= 0.3 is 0 Å². The standard InChI is InChI=1S/C17H22Cl2N2O2/c1-12(2)16(22)3-4-17(23)21-7-5-20(6-8-21)15-10-13(18)9-14(19)11-15/h9-12H,3-8H2,1-2H3. The van der Waals surface area contributed by atoms with Gasteiger partial charge in [-0.3, -0.25) is 9.59 Å². The van der Waals surface area contributed by atoms with Crippen molar-refractivity contribution in [3.05, 3.63) is 28.2 Å². The van der Waals surface area contributed by atoms with E-state index in [4.69, 9.17) is 23.2 Å². The second-order valence-corrected chi connectivity index (χ2v) is 6.99. The molecule has 0 aliphatic carbocycles. The second-order valence-electron chi connectivity index (χ2n) is 6.12. The summed E-state index contributed by atoms with van der Waals surface area (Å²) in [5.74, 6) is 0.195. The van der Waals surface area contributed by atoms with Crippen LogP contribution in [0.3, 0.4) is 0 Å². The maximum absolute atomic E-state index is 12.2. The normalized spacial score (nSPS) is 15.2. The summed E-state index contributed by atoms with van der Waals surface area (Å²) in [5, 5.41) is 1.22. The highest BCUT2D eigenvalue weighted by Gasteiger charge is 2.22. The molecular formula is C17H22Cl2N2O2. The van der Waals surface area contributed by atoms with Crippen LogP contribution < -0.4 is 4.90 Å². The molecular weight excluding hydrogens is 335 g/mol. The number of Topliss-reactive ketones (excluding diaryl/α,β-unsaturated/α-hetero) is 1. The fraction of sp³-hybridized carbons (Fsp3) is 0.529. The minimum Gasteiger partial charge on any atom is -0.368 e. The minimum absolute atomic E-state index is 0.00720. The molecule has 0 aromatic heterocycles. The number of hydrogen-bond donors (Lipinski definition) is 0. The highest BCUT2D eigenvalue weighted by Crippen LogP contribution is 2.26. The van der Waals surface area contributed by atoms with Crippen molar-refractivity contribution in [1.29, 1.82) is 0 Å². The topological polar surface area (TPSA) is 40.6 Å². The van der Waals surface area contributed by atoms with E-state index < -0.39 is 0 Å². The molecule has 1 aliphatic rings. The zero-order valence-corrected chi connectivity index (χ0v) is 15.0. The molecule has 1 aliphatic heterocycles. The molecule has 0 spiro atoms. The van der Waals surface area contributed by atoms with Gasteiger partial charge in [0.1, 0.15) is 5.78 Å². The van der Waals surface area contributed by atoms with E-state index >= 15 is 0 Å². The van der Waals surface area contributed by atoms with Crippen molar-refractivity contribution >= 4 is 40.6 Å². The molecule has 0 atom stereocenters. The molecule has 0 unspecified atom stereocenters. The quantitative estimate of drug-likeness (QED) is 0.808. The molecule has 0 bridgehead atoms. The van der Waals surface area contributed by atoms with Crippen LogP contribution in [0, 0.1) is 5.92 Å². The summed E-state index contributed by atoms with van der Waals surface area (Å²) in [6, 6.07) is 5.47. The average Bonchev–Trinajstić information content (AvgIpc) is 2.51. The lowest BCUT2D eigenvalue weighted by Gasteiger charge is -2.36. The molecule has 0 radical (unpaired) electrons. The number of piperazine rings is 1. The minimum atomic E-state index is -0.00720. The fourth-order valence-corrected chi connectivity index (χ4v) is 3.13. The lowest BCUT2D eigenvalue weighted by molar-refractivity contribution is -0.134. The predicted molar refractivity (Wildman–Crippen MR) is 94.3 cm³/mol. The van der Waals surface area contributed by atoms with E-state index in [9.17, 15) is 9.59 Å². The average molecular weight is 357 g/mol. The van der Waals surface area contributed by atoms with Gasteiger partial charge in [-0.05, 0) is 18.2 Å². The van der Waals surface area contributed by atoms with Gasteiger partial charge in [-0.15, -0.1) is 0 Å². The third-order valence-electron chi connectivity index (χ3n) is 4.07. The van der Waals surface area contributed by atoms with Crippen LogP contribution in [0.2, 0.25) is 10.0 Å². The highest BCUT2D eigenvalue weighted by molar-refractivity contribution is 6.35. The van der Waals surface area contributed by atoms with E-state index in [2.05, 4.69) is 4.90 Å². The van der Waals surface area contributed by atoms with Gasteiger partial charge in [0, 0.05) is 60.7 Å². The zero-order chi connectivity index (χ0) is 17.0. The summed E-state index contributed by atoms with van der Waals surface area (Å²) < 4.78 is 0. The molecule has 1 aromatic carbocycles. The third kappa shape index (κ3) is 5.11. The van der Waals surface area contributed by atoms with Crippen LogP contribution >= 0.6 is 23.2 Å². The molecule has 1 aromatic rings. The Bertz CT molecular complexity index is 562. The number of hydrogen-bond acceptors (Lipinski definition) is 3. The molecule has 6 heteroatoms. The van der Waals surface area contributed by atoms with Crippen LogP contribution in [0.15, 0.2) is 18.2 Å². The number of nitrogens with zero attached hydrogens (tertiary/aromatic N) is 2. The Morgan fingerprint density at radius 2 is 1.57 bits per heavy atom. The summed E-state index contributed by atoms with van der Waals surface area (Å²) in [5.41, 5.74) is 0.976. The van der Waals surface area contributed by atoms with Crippen LogP contribution in [0.25, 0.3) is 0 Å². The van der Waals surface area contributed by atoms with Gasteiger partial charge in [0.05, 0.1) is 0 Å². The van der Waals surface area contributed by atoms with Gasteiger partial charge in [-0.25, -0.2) is 0 Å². The molecule has 1 amide bonds. The van der Waals surface area contributed by atoms with Crippen molar-refractivity contribution in [2.75, 3.05) is 31.1 Å². The number of halogens is 2. The van der Waals surface area contributed by atoms with Crippen LogP contribution in [-0.4, -0.2) is 42.8 Å². The molecule has 2 rings (SSSR count). The van der Waals surface area contributed by atoms with Crippen molar-refractivity contribution in [1.82, 2.24) is 4.90 Å². The molecule has 1 heterocycles. The van der Waals surface area contributed by atoms with E-state index in [0.717, 1.165) is 18.8 Å². The third-order valence-corrected chi connectivity index (χ3v) is 4.51. The summed E-state index contributed by atoms with van der Waals surface area (Å²) in [6.45, 7) is 6.50. The number of ketones is 1. The van der Waals surface area contributed by atoms with Crippen LogP contribution in [0.1, 0.15) is 26.7 Å². The number of anilines is 1. The van der Waals surface area contributed by atoms with E-state index in [0.29, 0.717) is 36.0 Å². The number of carbonyl (C=O) groups is 2. The van der Waals surface area contributed by atoms with E-state index in [-0.39, 0.29) is 17.6 Å². The Morgan fingerprint density at radius 3 is 2.09 bits per heavy atom. The maximum Gasteiger partial charge on any atom is 0.223 e. The van der Waals surface area contributed by atoms with Gasteiger partial charge in [0.25, 0.3) is 0 Å². The van der Waals surface area contributed by atoms with Crippen LogP contribution in [-0.2, 0) is 9.59 Å². The molecule has 126 valence electrons. The first-order chi connectivity index (χ1) is 10.9. The van der Waals surface area contributed by atoms with Crippen molar-refractivity contribution in [3.63, 3.8) is 0 Å². The maximum atomic E-state index is 12.2. The van der Waals surface area contributed by atoms with Gasteiger partial charge in [-0.2, -0.15) is 0 Å². The number of rotatable bonds is 5. The largest absolute Gasteiger partial charge is 0.368 e. The number of amides is 1. The fourth-order valence-electron chi connectivity index (χ4n) is 2.61. The monoisotopic (exact) mass is 356 g/mol. The Balaban J connectivity index is 1.86. The number of benzene rings is 1. The van der Waals surface area contributed by atoms with Crippen molar-refractivity contribution in [3.8, 4) is 0 Å². The molecule has 0 saturated carbocycles. The summed E-state index contributed by atoms with van der Waals surface area (Å²) in [4.78, 5) is 27.8. The first kappa shape index (κ1) is 18.1. The van der Waals surface area contributed by atoms with Crippen molar-refractivity contribution in [2.45, 2.75) is 26.7 Å². The van der Waals surface area contributed by atoms with Crippen molar-refractivity contribution < 1.29 is 9.59 Å². The Labute approximate surface area is 147 Å². The van der Waals surface area contributed by atoms with Crippen molar-refractivity contribution in [2.24, 2.45) is 5.92 Å². The summed E-state index contributed by atoms with van der Waals surface area (Å²) >= 11 is 12.1. The Morgan fingerprint density at radius 1 is 1.00 bits per heavy atom. The molecule has 23 heavy (non-hydrogen) atoms. The molecule has 1 fully saturated rings. The van der Waals surface area contributed by atoms with Crippen LogP contribution in [0.4, 0.5) is 5.69 Å². The van der Waals surface area contributed by atoms with E-state index in [1.54, 1.807) is 6.07 Å². The second kappa shape index (κ2) is 8.02. The highest BCUT2D eigenvalue weighted by atomic mass is 35.5. The van der Waals surface area contributed by atoms with Gasteiger partial charge in [-0.1, -0.05) is 37.0 Å². The van der Waals surface area contributed by atoms with Gasteiger partial charge < -0.3 is 9.80 Å². The SMILES string of the molecule is CC(C)C(=O)CCC(=O)N1CCN(c2cc(Cl)cc(Cl)c2)CC1. The molecule has 4 nitrogen and oxygen atoms in total. The van der Waals surface area contributed by atoms with E-state index in [1.807, 2.05) is 30.9 Å². The Kier molecular flexibility index (Phi) is 6.31. The summed E-state index contributed by atoms with van der Waals surface area (Å²) in [7, 11) is 0. The van der Waals surface area contributed by atoms with E-state index in [1.165, 1.54) is 0 Å². The predicted octanol–water partition coefficient (Wildman–Crippen LogP) is 3.65. The summed E-state index contributed by atoms with van der Waals surface area (Å²) in [6.07, 6.45) is 0.640. The van der Waals surface area contributed by atoms with Crippen LogP contribution in [0.5, 0.6) is 0 Å². The first-order valence-electron chi connectivity index (χ1n) is 7.88. The molecule has 0 N–H and O–H groups in total. The number of carbonyl (C=O) groups excluding carboxylic acids is 2. The lowest BCUT2D eigenvalue weighted by atomic mass is 10.0. The van der Waals surface area contributed by atoms with Gasteiger partial charge in [0.2, 0.25) is 5.91 Å².